The summed E-state index contributed by atoms with van der Waals surface area (Å²) < 4.78 is 0. The van der Waals surface area contributed by atoms with Crippen molar-refractivity contribution in [2.24, 2.45) is 28.4 Å². The Morgan fingerprint density at radius 3 is 2.02 bits per heavy atom. The molecule has 3 aliphatic rings. The van der Waals surface area contributed by atoms with Crippen molar-refractivity contribution in [3.05, 3.63) is 45.2 Å². The minimum atomic E-state index is -2.66. The largest absolute Gasteiger partial charge is 0.508 e. The number of hydrogen-bond acceptors (Lipinski definition) is 10. The van der Waals surface area contributed by atoms with E-state index in [1.807, 2.05) is 6.07 Å². The minimum absolute atomic E-state index is 0. The van der Waals surface area contributed by atoms with Gasteiger partial charge in [0.25, 0.3) is 5.91 Å². The molecule has 0 spiro atoms. The molecular formula is C34H52N4O7. The van der Waals surface area contributed by atoms with Crippen molar-refractivity contribution in [1.82, 2.24) is 15.5 Å². The SMILES string of the molecule is C.CN(C)C1C(=O)C(C(N)=O)=C(O)[C@@]2(O)C(=O)C3=C(O)c4c(O)c(CNCC(C)(C)C)cc(CNCC(C)(C)C)c4C[C@H]3C[C@@H]12. The fourth-order valence-electron chi connectivity index (χ4n) is 6.89. The third-order valence-corrected chi connectivity index (χ3v) is 8.83. The number of fused-ring (bicyclic) bond motifs is 3. The maximum absolute atomic E-state index is 14.2. The summed E-state index contributed by atoms with van der Waals surface area (Å²) in [5.41, 5.74) is 3.97. The van der Waals surface area contributed by atoms with Gasteiger partial charge >= 0.3 is 0 Å². The number of phenolic OH excluding ortho intramolecular Hbond substituents is 1. The number of carbonyl (C=O) groups is 3. The number of aliphatic hydroxyl groups excluding tert-OH is 2. The molecule has 4 atom stereocenters. The molecule has 3 aliphatic carbocycles. The fourth-order valence-corrected chi connectivity index (χ4v) is 6.89. The van der Waals surface area contributed by atoms with Crippen molar-refractivity contribution < 1.29 is 34.8 Å². The second-order valence-corrected chi connectivity index (χ2v) is 15.2. The number of phenols is 1. The molecule has 1 aromatic carbocycles. The molecule has 1 fully saturated rings. The lowest BCUT2D eigenvalue weighted by Gasteiger charge is -2.50. The van der Waals surface area contributed by atoms with Crippen LogP contribution in [0.4, 0.5) is 0 Å². The predicted octanol–water partition coefficient (Wildman–Crippen LogP) is 2.87. The zero-order chi connectivity index (χ0) is 33.1. The van der Waals surface area contributed by atoms with Gasteiger partial charge < -0.3 is 36.8 Å². The van der Waals surface area contributed by atoms with Crippen LogP contribution in [0.5, 0.6) is 5.75 Å². The van der Waals surface area contributed by atoms with Crippen molar-refractivity contribution >= 4 is 23.2 Å². The van der Waals surface area contributed by atoms with Crippen LogP contribution in [0.25, 0.3) is 5.76 Å². The molecule has 0 radical (unpaired) electrons. The molecule has 4 rings (SSSR count). The number of aromatic hydroxyl groups is 1. The predicted molar refractivity (Wildman–Crippen MR) is 173 cm³/mol. The second kappa shape index (κ2) is 12.5. The molecule has 1 aromatic rings. The second-order valence-electron chi connectivity index (χ2n) is 15.2. The Labute approximate surface area is 266 Å². The van der Waals surface area contributed by atoms with Crippen LogP contribution in [-0.4, -0.2) is 81.6 Å². The smallest absolute Gasteiger partial charge is 0.255 e. The highest BCUT2D eigenvalue weighted by Gasteiger charge is 2.64. The van der Waals surface area contributed by atoms with Crippen LogP contribution in [0.3, 0.4) is 0 Å². The van der Waals surface area contributed by atoms with Crippen LogP contribution >= 0.6 is 0 Å². The van der Waals surface area contributed by atoms with E-state index in [0.29, 0.717) is 37.3 Å². The van der Waals surface area contributed by atoms with Crippen LogP contribution in [0.2, 0.25) is 0 Å². The Balaban J connectivity index is 0.00000552. The number of nitrogens with one attached hydrogen (secondary N) is 2. The van der Waals surface area contributed by atoms with Gasteiger partial charge in [-0.15, -0.1) is 0 Å². The topological polar surface area (TPSA) is 185 Å². The molecule has 250 valence electrons. The highest BCUT2D eigenvalue weighted by atomic mass is 16.3. The maximum Gasteiger partial charge on any atom is 0.255 e. The summed E-state index contributed by atoms with van der Waals surface area (Å²) in [6, 6.07) is 0.796. The lowest BCUT2D eigenvalue weighted by Crippen LogP contribution is -2.65. The third-order valence-electron chi connectivity index (χ3n) is 8.83. The first-order valence-corrected chi connectivity index (χ1v) is 15.1. The normalized spacial score (nSPS) is 25.2. The number of primary amides is 1. The van der Waals surface area contributed by atoms with E-state index in [9.17, 15) is 34.8 Å². The van der Waals surface area contributed by atoms with Gasteiger partial charge in [0.1, 0.15) is 22.8 Å². The molecule has 0 saturated heterocycles. The third kappa shape index (κ3) is 6.54. The van der Waals surface area contributed by atoms with E-state index in [0.717, 1.165) is 5.56 Å². The number of nitrogens with zero attached hydrogens (tertiary/aromatic N) is 1. The highest BCUT2D eigenvalue weighted by molar-refractivity contribution is 6.24. The van der Waals surface area contributed by atoms with Gasteiger partial charge in [0, 0.05) is 43.2 Å². The average Bonchev–Trinajstić information content (AvgIpc) is 2.86. The van der Waals surface area contributed by atoms with Gasteiger partial charge in [-0.2, -0.15) is 0 Å². The van der Waals surface area contributed by atoms with Gasteiger partial charge in [-0.25, -0.2) is 0 Å². The van der Waals surface area contributed by atoms with Crippen molar-refractivity contribution in [3.63, 3.8) is 0 Å². The van der Waals surface area contributed by atoms with E-state index >= 15 is 0 Å². The Bertz CT molecular complexity index is 1450. The summed E-state index contributed by atoms with van der Waals surface area (Å²) >= 11 is 0. The Hall–Kier alpha value is -3.25. The molecule has 11 nitrogen and oxygen atoms in total. The van der Waals surface area contributed by atoms with E-state index in [-0.39, 0.29) is 48.0 Å². The van der Waals surface area contributed by atoms with Gasteiger partial charge in [0.15, 0.2) is 11.4 Å². The number of amides is 1. The lowest BCUT2D eigenvalue weighted by atomic mass is 9.57. The van der Waals surface area contributed by atoms with E-state index in [1.54, 1.807) is 14.1 Å². The van der Waals surface area contributed by atoms with Crippen LogP contribution in [-0.2, 0) is 33.9 Å². The number of aliphatic hydroxyl groups is 3. The van der Waals surface area contributed by atoms with Crippen molar-refractivity contribution in [2.75, 3.05) is 27.2 Å². The molecule has 0 aliphatic heterocycles. The quantitative estimate of drug-likeness (QED) is 0.211. The van der Waals surface area contributed by atoms with Crippen LogP contribution in [0, 0.1) is 22.7 Å². The van der Waals surface area contributed by atoms with Gasteiger partial charge in [0.05, 0.1) is 11.6 Å². The van der Waals surface area contributed by atoms with Gasteiger partial charge in [-0.3, -0.25) is 19.3 Å². The van der Waals surface area contributed by atoms with Gasteiger partial charge in [-0.1, -0.05) is 49.0 Å². The number of hydrogen-bond donors (Lipinski definition) is 7. The zero-order valence-corrected chi connectivity index (χ0v) is 27.1. The Morgan fingerprint density at radius 1 is 1.00 bits per heavy atom. The first kappa shape index (κ1) is 36.2. The van der Waals surface area contributed by atoms with Crippen molar-refractivity contribution in [1.29, 1.82) is 0 Å². The standard InChI is InChI=1S/C33H48N4O7.CH4/c1-31(2,3)14-35-12-17-9-18(13-36-15-32(4,5)6)25(38)22-19(17)10-16-11-20-24(37(7)8)27(40)23(30(34)43)29(42)33(20,44)28(41)21(16)26(22)39;/h9,16,20,24,35-36,38-39,42,44H,10-15H2,1-8H3,(H2,34,43);1H4/t16-,20-,24?,33-;/m0./s1. The lowest BCUT2D eigenvalue weighted by molar-refractivity contribution is -0.153. The first-order valence-electron chi connectivity index (χ1n) is 15.1. The van der Waals surface area contributed by atoms with Gasteiger partial charge in [-0.05, 0) is 60.9 Å². The minimum Gasteiger partial charge on any atom is -0.508 e. The fraction of sp³-hybridized carbons (Fsp3) is 0.618. The molecule has 45 heavy (non-hydrogen) atoms. The molecule has 0 aromatic heterocycles. The number of Topliss-reactive ketones (excluding diaryl/α,β-unsaturated/α-hetero) is 2. The Morgan fingerprint density at radius 2 is 1.53 bits per heavy atom. The molecule has 11 heteroatoms. The summed E-state index contributed by atoms with van der Waals surface area (Å²) in [6.07, 6.45) is 0.306. The number of carbonyl (C=O) groups excluding carboxylic acids is 3. The maximum atomic E-state index is 14.2. The van der Waals surface area contributed by atoms with Crippen LogP contribution < -0.4 is 16.4 Å². The molecule has 1 unspecified atom stereocenters. The van der Waals surface area contributed by atoms with E-state index in [2.05, 4.69) is 52.2 Å². The molecule has 1 amide bonds. The summed E-state index contributed by atoms with van der Waals surface area (Å²) in [6.45, 7) is 14.8. The molecule has 0 heterocycles. The number of benzene rings is 1. The van der Waals surface area contributed by atoms with Crippen molar-refractivity contribution in [2.45, 2.75) is 86.5 Å². The van der Waals surface area contributed by atoms with E-state index in [4.69, 9.17) is 5.73 Å². The number of rotatable bonds is 8. The summed E-state index contributed by atoms with van der Waals surface area (Å²) in [5, 5.41) is 53.0. The number of nitrogens with two attached hydrogens (primary N) is 1. The molecular weight excluding hydrogens is 576 g/mol. The molecule has 8 N–H and O–H groups in total. The Kier molecular flexibility index (Phi) is 10.1. The average molecular weight is 629 g/mol. The summed E-state index contributed by atoms with van der Waals surface area (Å²) in [7, 11) is 3.17. The van der Waals surface area contributed by atoms with E-state index < -0.39 is 58.0 Å². The monoisotopic (exact) mass is 628 g/mol. The highest BCUT2D eigenvalue weighted by Crippen LogP contribution is 2.53. The summed E-state index contributed by atoms with van der Waals surface area (Å²) in [4.78, 5) is 41.2. The number of ketones is 2. The van der Waals surface area contributed by atoms with Crippen LogP contribution in [0.15, 0.2) is 23.0 Å². The van der Waals surface area contributed by atoms with Crippen molar-refractivity contribution in [3.8, 4) is 5.75 Å². The molecule has 0 bridgehead atoms. The van der Waals surface area contributed by atoms with E-state index in [1.165, 1.54) is 4.90 Å². The van der Waals surface area contributed by atoms with Gasteiger partial charge in [0.2, 0.25) is 5.78 Å². The zero-order valence-electron chi connectivity index (χ0n) is 27.1. The molecule has 1 saturated carbocycles. The van der Waals surface area contributed by atoms with Crippen LogP contribution in [0.1, 0.15) is 77.6 Å². The number of likely N-dealkylation sites (N-methyl/N-ethyl adjacent to an activating group) is 1. The summed E-state index contributed by atoms with van der Waals surface area (Å²) in [5.74, 6) is -6.52. The first-order chi connectivity index (χ1) is 20.2.